The third-order valence-corrected chi connectivity index (χ3v) is 10.9. The molecule has 8 aromatic rings. The van der Waals surface area contributed by atoms with Gasteiger partial charge in [0.15, 0.2) is 34.7 Å². The highest BCUT2D eigenvalue weighted by atomic mass is 32.1. The number of carbonyl (C=O) groups excluding carboxylic acids is 2. The standard InChI is InChI=1S/C20H12F3N3O3S.C20H13F2N3O3S/c1-9-4-5-10(17(23)16(9)22)18-15(20(28)29)13(8-30-18)24-19(27)12-7-14-11(21)3-2-6-26(14)25-12;1-10-5-6-12(17(22)16(10)21)18-15(20(27)28)14(9-29-18)23-19(26)13-8-11-4-2-3-7-25(11)24-13/h2-8H,1H3,(H,24,27)(H,28,29);2-9H,1H3,(H,23,26)(H,27,28). The van der Waals surface area contributed by atoms with Crippen molar-refractivity contribution < 1.29 is 51.3 Å². The number of nitrogens with zero attached hydrogens (tertiary/aromatic N) is 4. The van der Waals surface area contributed by atoms with E-state index in [9.17, 15) is 51.3 Å². The van der Waals surface area contributed by atoms with Crippen molar-refractivity contribution in [3.8, 4) is 20.9 Å². The van der Waals surface area contributed by atoms with Crippen molar-refractivity contribution in [3.63, 3.8) is 0 Å². The molecule has 2 aromatic carbocycles. The van der Waals surface area contributed by atoms with E-state index < -0.39 is 52.8 Å². The van der Waals surface area contributed by atoms with Crippen LogP contribution in [0.3, 0.4) is 0 Å². The van der Waals surface area contributed by atoms with E-state index in [1.807, 2.05) is 0 Å². The van der Waals surface area contributed by atoms with Gasteiger partial charge in [0, 0.05) is 34.3 Å². The lowest BCUT2D eigenvalue weighted by Crippen LogP contribution is -2.14. The maximum Gasteiger partial charge on any atom is 0.339 e. The van der Waals surface area contributed by atoms with Gasteiger partial charge in [-0.25, -0.2) is 40.6 Å². The third kappa shape index (κ3) is 7.63. The first-order valence-electron chi connectivity index (χ1n) is 16.9. The number of carboxylic acid groups (broad SMARTS) is 2. The molecule has 0 bridgehead atoms. The van der Waals surface area contributed by atoms with E-state index in [0.29, 0.717) is 5.52 Å². The number of halogens is 5. The van der Waals surface area contributed by atoms with Crippen molar-refractivity contribution in [2.45, 2.75) is 13.8 Å². The number of carbonyl (C=O) groups is 4. The number of hydrogen-bond donors (Lipinski definition) is 4. The molecular formula is C40H25F5N6O6S2. The minimum Gasteiger partial charge on any atom is -0.478 e. The van der Waals surface area contributed by atoms with Gasteiger partial charge in [-0.1, -0.05) is 30.3 Å². The Morgan fingerprint density at radius 3 is 1.59 bits per heavy atom. The molecule has 0 fully saturated rings. The molecule has 2 amide bonds. The highest BCUT2D eigenvalue weighted by Gasteiger charge is 2.27. The number of rotatable bonds is 8. The smallest absolute Gasteiger partial charge is 0.339 e. The van der Waals surface area contributed by atoms with E-state index in [0.717, 1.165) is 22.7 Å². The van der Waals surface area contributed by atoms with Gasteiger partial charge in [-0.15, -0.1) is 22.7 Å². The van der Waals surface area contributed by atoms with Gasteiger partial charge in [0.2, 0.25) is 0 Å². The fourth-order valence-electron chi connectivity index (χ4n) is 5.88. The molecule has 19 heteroatoms. The Hall–Kier alpha value is -7.25. The Kier molecular flexibility index (Phi) is 10.8. The first-order valence-corrected chi connectivity index (χ1v) is 18.7. The van der Waals surface area contributed by atoms with Crippen molar-refractivity contribution in [3.05, 3.63) is 153 Å². The highest BCUT2D eigenvalue weighted by molar-refractivity contribution is 7.15. The van der Waals surface area contributed by atoms with Gasteiger partial charge in [0.1, 0.15) is 22.5 Å². The topological polar surface area (TPSA) is 167 Å². The van der Waals surface area contributed by atoms with Gasteiger partial charge in [0.05, 0.1) is 26.6 Å². The fraction of sp³-hybridized carbons (Fsp3) is 0.0500. The van der Waals surface area contributed by atoms with Crippen molar-refractivity contribution in [1.82, 2.24) is 19.2 Å². The zero-order chi connectivity index (χ0) is 42.3. The number of hydrogen-bond acceptors (Lipinski definition) is 8. The Morgan fingerprint density at radius 2 is 1.10 bits per heavy atom. The molecule has 0 aliphatic rings. The molecule has 6 aromatic heterocycles. The van der Waals surface area contributed by atoms with Crippen molar-refractivity contribution in [2.75, 3.05) is 10.6 Å². The lowest BCUT2D eigenvalue weighted by Gasteiger charge is -2.07. The summed E-state index contributed by atoms with van der Waals surface area (Å²) in [6.45, 7) is 2.80. The average Bonchev–Trinajstić information content (AvgIpc) is 4.02. The molecule has 298 valence electrons. The number of pyridine rings is 2. The van der Waals surface area contributed by atoms with Gasteiger partial charge in [-0.2, -0.15) is 10.2 Å². The predicted octanol–water partition coefficient (Wildman–Crippen LogP) is 9.34. The predicted molar refractivity (Wildman–Crippen MR) is 209 cm³/mol. The summed E-state index contributed by atoms with van der Waals surface area (Å²) >= 11 is 1.74. The van der Waals surface area contributed by atoms with Crippen LogP contribution in [0.25, 0.3) is 31.9 Å². The van der Waals surface area contributed by atoms with Crippen LogP contribution in [0.4, 0.5) is 33.3 Å². The second-order valence-electron chi connectivity index (χ2n) is 12.7. The first-order chi connectivity index (χ1) is 28.1. The number of amides is 2. The number of carboxylic acids is 2. The SMILES string of the molecule is Cc1ccc(-c2scc(NC(=O)c3cc4c(F)cccn4n3)c2C(=O)O)c(F)c1F.Cc1ccc(-c2scc(NC(=O)c3cc4ccccn4n3)c2C(=O)O)c(F)c1F. The zero-order valence-electron chi connectivity index (χ0n) is 30.2. The Balaban J connectivity index is 0.000000179. The summed E-state index contributed by atoms with van der Waals surface area (Å²) in [5.41, 5.74) is -0.310. The summed E-state index contributed by atoms with van der Waals surface area (Å²) in [6.07, 6.45) is 3.13. The Bertz CT molecular complexity index is 2980. The number of benzene rings is 2. The minimum absolute atomic E-state index is 0.0131. The van der Waals surface area contributed by atoms with Crippen LogP contribution in [-0.2, 0) is 0 Å². The quantitative estimate of drug-likeness (QED) is 0.110. The zero-order valence-corrected chi connectivity index (χ0v) is 31.8. The first kappa shape index (κ1) is 40.0. The van der Waals surface area contributed by atoms with Crippen LogP contribution in [0, 0.1) is 42.9 Å². The van der Waals surface area contributed by atoms with E-state index in [-0.39, 0.29) is 71.4 Å². The summed E-state index contributed by atoms with van der Waals surface area (Å²) in [7, 11) is 0. The maximum absolute atomic E-state index is 14.4. The molecule has 6 heterocycles. The molecule has 0 atom stereocenters. The fourth-order valence-corrected chi connectivity index (χ4v) is 7.90. The lowest BCUT2D eigenvalue weighted by atomic mass is 10.1. The molecule has 0 saturated heterocycles. The van der Waals surface area contributed by atoms with Crippen LogP contribution >= 0.6 is 22.7 Å². The van der Waals surface area contributed by atoms with Gasteiger partial charge < -0.3 is 20.8 Å². The van der Waals surface area contributed by atoms with Gasteiger partial charge in [-0.05, 0) is 61.4 Å². The molecule has 0 saturated carbocycles. The van der Waals surface area contributed by atoms with E-state index in [1.54, 1.807) is 30.5 Å². The summed E-state index contributed by atoms with van der Waals surface area (Å²) in [6, 6.07) is 16.0. The average molecular weight is 845 g/mol. The van der Waals surface area contributed by atoms with Crippen LogP contribution < -0.4 is 10.6 Å². The third-order valence-electron chi connectivity index (χ3n) is 8.83. The molecule has 0 unspecified atom stereocenters. The summed E-state index contributed by atoms with van der Waals surface area (Å²) in [4.78, 5) is 48.7. The lowest BCUT2D eigenvalue weighted by molar-refractivity contribution is 0.0688. The van der Waals surface area contributed by atoms with E-state index in [4.69, 9.17) is 0 Å². The van der Waals surface area contributed by atoms with Crippen molar-refractivity contribution >= 4 is 68.8 Å². The highest BCUT2D eigenvalue weighted by Crippen LogP contribution is 2.40. The molecule has 12 nitrogen and oxygen atoms in total. The number of aryl methyl sites for hydroxylation is 2. The molecule has 59 heavy (non-hydrogen) atoms. The van der Waals surface area contributed by atoms with E-state index in [1.165, 1.54) is 82.3 Å². The van der Waals surface area contributed by atoms with E-state index >= 15 is 0 Å². The molecule has 0 aliphatic heterocycles. The number of aromatic carboxylic acids is 2. The molecule has 0 radical (unpaired) electrons. The summed E-state index contributed by atoms with van der Waals surface area (Å²) in [5, 5.41) is 34.9. The summed E-state index contributed by atoms with van der Waals surface area (Å²) < 4.78 is 73.2. The molecular weight excluding hydrogens is 820 g/mol. The summed E-state index contributed by atoms with van der Waals surface area (Å²) in [5.74, 6) is -9.19. The normalized spacial score (nSPS) is 11.0. The number of anilines is 2. The number of thiophene rings is 2. The van der Waals surface area contributed by atoms with Crippen LogP contribution in [0.5, 0.6) is 0 Å². The monoisotopic (exact) mass is 844 g/mol. The number of nitrogens with one attached hydrogen (secondary N) is 2. The van der Waals surface area contributed by atoms with Crippen molar-refractivity contribution in [1.29, 1.82) is 0 Å². The van der Waals surface area contributed by atoms with Crippen LogP contribution in [0.2, 0.25) is 0 Å². The van der Waals surface area contributed by atoms with Gasteiger partial charge >= 0.3 is 11.9 Å². The van der Waals surface area contributed by atoms with Crippen LogP contribution in [0.1, 0.15) is 52.8 Å². The van der Waals surface area contributed by atoms with Gasteiger partial charge in [0.25, 0.3) is 11.8 Å². The minimum atomic E-state index is -1.43. The van der Waals surface area contributed by atoms with Gasteiger partial charge in [-0.3, -0.25) is 9.59 Å². The van der Waals surface area contributed by atoms with E-state index in [2.05, 4.69) is 20.8 Å². The molecule has 0 spiro atoms. The molecule has 8 rings (SSSR count). The van der Waals surface area contributed by atoms with Crippen LogP contribution in [0.15, 0.2) is 89.9 Å². The Morgan fingerprint density at radius 1 is 0.610 bits per heavy atom. The second-order valence-corrected chi connectivity index (χ2v) is 14.4. The molecule has 4 N–H and O–H groups in total. The largest absolute Gasteiger partial charge is 0.478 e. The Labute approximate surface area is 336 Å². The van der Waals surface area contributed by atoms with Crippen molar-refractivity contribution in [2.24, 2.45) is 0 Å². The number of fused-ring (bicyclic) bond motifs is 2. The second kappa shape index (κ2) is 15.9. The maximum atomic E-state index is 14.4. The number of aromatic nitrogens is 4. The van der Waals surface area contributed by atoms with Crippen LogP contribution in [-0.4, -0.2) is 53.2 Å². The molecule has 0 aliphatic carbocycles.